The second kappa shape index (κ2) is 6.25. The fourth-order valence-electron chi connectivity index (χ4n) is 3.01. The summed E-state index contributed by atoms with van der Waals surface area (Å²) in [6.07, 6.45) is 2.55. The van der Waals surface area contributed by atoms with E-state index in [4.69, 9.17) is 10.00 Å². The summed E-state index contributed by atoms with van der Waals surface area (Å²) < 4.78 is 5.82. The van der Waals surface area contributed by atoms with E-state index in [0.29, 0.717) is 23.7 Å². The van der Waals surface area contributed by atoms with E-state index in [-0.39, 0.29) is 12.0 Å². The molecule has 5 heteroatoms. The van der Waals surface area contributed by atoms with Gasteiger partial charge in [-0.25, -0.2) is 0 Å². The first-order valence-corrected chi connectivity index (χ1v) is 7.40. The molecule has 0 bridgehead atoms. The van der Waals surface area contributed by atoms with Gasteiger partial charge in [-0.3, -0.25) is 9.69 Å². The number of amides is 1. The molecule has 2 saturated heterocycles. The molecular weight excluding hydrogens is 266 g/mol. The van der Waals surface area contributed by atoms with E-state index >= 15 is 0 Å². The van der Waals surface area contributed by atoms with Crippen LogP contribution in [0.2, 0.25) is 0 Å². The van der Waals surface area contributed by atoms with Crippen LogP contribution in [-0.4, -0.2) is 49.2 Å². The first kappa shape index (κ1) is 14.1. The Balaban J connectivity index is 1.50. The van der Waals surface area contributed by atoms with Crippen molar-refractivity contribution >= 4 is 5.91 Å². The molecule has 2 aliphatic heterocycles. The summed E-state index contributed by atoms with van der Waals surface area (Å²) in [4.78, 5) is 14.5. The monoisotopic (exact) mass is 285 g/mol. The van der Waals surface area contributed by atoms with Gasteiger partial charge in [-0.05, 0) is 43.7 Å². The van der Waals surface area contributed by atoms with Crippen LogP contribution in [0.1, 0.15) is 28.8 Å². The van der Waals surface area contributed by atoms with Gasteiger partial charge in [0.1, 0.15) is 0 Å². The quantitative estimate of drug-likeness (QED) is 0.905. The normalized spacial score (nSPS) is 25.1. The van der Waals surface area contributed by atoms with Gasteiger partial charge >= 0.3 is 0 Å². The van der Waals surface area contributed by atoms with Crippen molar-refractivity contribution in [3.05, 3.63) is 35.4 Å². The van der Waals surface area contributed by atoms with E-state index in [1.165, 1.54) is 12.8 Å². The molecule has 0 aliphatic carbocycles. The summed E-state index contributed by atoms with van der Waals surface area (Å²) in [6.45, 7) is 3.35. The Hall–Kier alpha value is -1.90. The van der Waals surface area contributed by atoms with Gasteiger partial charge in [0.2, 0.25) is 0 Å². The van der Waals surface area contributed by atoms with Crippen molar-refractivity contribution in [1.82, 2.24) is 10.2 Å². The molecule has 2 heterocycles. The van der Waals surface area contributed by atoms with Crippen LogP contribution in [0.3, 0.4) is 0 Å². The number of ether oxygens (including phenoxy) is 1. The predicted octanol–water partition coefficient (Wildman–Crippen LogP) is 1.15. The highest BCUT2D eigenvalue weighted by atomic mass is 16.5. The van der Waals surface area contributed by atoms with Crippen molar-refractivity contribution in [2.45, 2.75) is 25.0 Å². The second-order valence-corrected chi connectivity index (χ2v) is 5.65. The maximum absolute atomic E-state index is 12.1. The molecule has 2 atom stereocenters. The molecule has 3 rings (SSSR count). The molecular formula is C16H19N3O2. The van der Waals surface area contributed by atoms with Gasteiger partial charge < -0.3 is 10.1 Å². The van der Waals surface area contributed by atoms with Crippen molar-refractivity contribution in [2.75, 3.05) is 26.2 Å². The first-order valence-electron chi connectivity index (χ1n) is 7.40. The predicted molar refractivity (Wildman–Crippen MR) is 77.8 cm³/mol. The van der Waals surface area contributed by atoms with Gasteiger partial charge in [0.05, 0.1) is 24.3 Å². The number of carbonyl (C=O) groups excluding carboxylic acids is 1. The lowest BCUT2D eigenvalue weighted by atomic mass is 10.1. The Morgan fingerprint density at radius 2 is 2.24 bits per heavy atom. The summed E-state index contributed by atoms with van der Waals surface area (Å²) >= 11 is 0. The van der Waals surface area contributed by atoms with E-state index in [1.807, 2.05) is 6.07 Å². The van der Waals surface area contributed by atoms with Crippen LogP contribution in [0.15, 0.2) is 24.3 Å². The number of hydrogen-bond donors (Lipinski definition) is 1. The Labute approximate surface area is 124 Å². The average molecular weight is 285 g/mol. The summed E-state index contributed by atoms with van der Waals surface area (Å²) in [6, 6.07) is 9.27. The molecule has 0 saturated carbocycles. The van der Waals surface area contributed by atoms with Crippen molar-refractivity contribution in [1.29, 1.82) is 5.26 Å². The Morgan fingerprint density at radius 1 is 1.43 bits per heavy atom. The van der Waals surface area contributed by atoms with Crippen molar-refractivity contribution in [3.8, 4) is 6.07 Å². The molecule has 110 valence electrons. The minimum atomic E-state index is -0.119. The number of fused-ring (bicyclic) bond motifs is 1. The maximum atomic E-state index is 12.1. The van der Waals surface area contributed by atoms with Crippen LogP contribution in [0.4, 0.5) is 0 Å². The molecule has 0 radical (unpaired) electrons. The molecule has 2 aliphatic rings. The number of carbonyl (C=O) groups is 1. The molecule has 0 spiro atoms. The zero-order valence-corrected chi connectivity index (χ0v) is 11.9. The molecule has 1 amide bonds. The Morgan fingerprint density at radius 3 is 3.00 bits per heavy atom. The lowest BCUT2D eigenvalue weighted by Crippen LogP contribution is -2.50. The minimum Gasteiger partial charge on any atom is -0.373 e. The highest BCUT2D eigenvalue weighted by Gasteiger charge is 2.32. The molecule has 1 N–H and O–H groups in total. The van der Waals surface area contributed by atoms with Crippen molar-refractivity contribution in [2.24, 2.45) is 0 Å². The fourth-order valence-corrected chi connectivity index (χ4v) is 3.01. The fraction of sp³-hybridized carbons (Fsp3) is 0.500. The third-order valence-electron chi connectivity index (χ3n) is 4.23. The van der Waals surface area contributed by atoms with Crippen LogP contribution in [-0.2, 0) is 4.74 Å². The number of benzene rings is 1. The van der Waals surface area contributed by atoms with Crippen LogP contribution in [0.25, 0.3) is 0 Å². The molecule has 5 nitrogen and oxygen atoms in total. The topological polar surface area (TPSA) is 65.4 Å². The van der Waals surface area contributed by atoms with Gasteiger partial charge in [0, 0.05) is 24.7 Å². The zero-order chi connectivity index (χ0) is 14.7. The zero-order valence-electron chi connectivity index (χ0n) is 11.9. The molecule has 1 aromatic rings. The number of nitrogens with zero attached hydrogens (tertiary/aromatic N) is 2. The molecule has 21 heavy (non-hydrogen) atoms. The van der Waals surface area contributed by atoms with Crippen LogP contribution in [0.5, 0.6) is 0 Å². The van der Waals surface area contributed by atoms with E-state index in [1.54, 1.807) is 24.3 Å². The Bertz CT molecular complexity index is 550. The van der Waals surface area contributed by atoms with Gasteiger partial charge in [0.25, 0.3) is 5.91 Å². The number of morpholine rings is 1. The van der Waals surface area contributed by atoms with E-state index in [9.17, 15) is 4.79 Å². The van der Waals surface area contributed by atoms with Crippen molar-refractivity contribution in [3.63, 3.8) is 0 Å². The number of nitriles is 1. The lowest BCUT2D eigenvalue weighted by Gasteiger charge is -2.35. The maximum Gasteiger partial charge on any atom is 0.251 e. The van der Waals surface area contributed by atoms with E-state index < -0.39 is 0 Å². The standard InChI is InChI=1S/C16H19N3O2/c17-8-12-3-5-13(6-4-12)16(20)18-9-15-10-19-7-1-2-14(19)11-21-15/h3-6,14-15H,1-2,7,9-11H2,(H,18,20)/t14-,15+/m1/s1. The van der Waals surface area contributed by atoms with Crippen LogP contribution >= 0.6 is 0 Å². The molecule has 2 fully saturated rings. The van der Waals surface area contributed by atoms with Gasteiger partial charge in [-0.2, -0.15) is 5.26 Å². The first-order chi connectivity index (χ1) is 10.3. The highest BCUT2D eigenvalue weighted by Crippen LogP contribution is 2.22. The van der Waals surface area contributed by atoms with E-state index in [0.717, 1.165) is 19.7 Å². The lowest BCUT2D eigenvalue weighted by molar-refractivity contribution is -0.0461. The highest BCUT2D eigenvalue weighted by molar-refractivity contribution is 5.94. The third kappa shape index (κ3) is 3.23. The summed E-state index contributed by atoms with van der Waals surface area (Å²) in [7, 11) is 0. The van der Waals surface area contributed by atoms with Crippen LogP contribution in [0, 0.1) is 11.3 Å². The van der Waals surface area contributed by atoms with Crippen LogP contribution < -0.4 is 5.32 Å². The number of nitrogens with one attached hydrogen (secondary N) is 1. The summed E-state index contributed by atoms with van der Waals surface area (Å²) in [5, 5.41) is 11.7. The average Bonchev–Trinajstić information content (AvgIpc) is 3.00. The van der Waals surface area contributed by atoms with Crippen molar-refractivity contribution < 1.29 is 9.53 Å². The molecule has 0 aromatic heterocycles. The number of hydrogen-bond acceptors (Lipinski definition) is 4. The SMILES string of the molecule is N#Cc1ccc(C(=O)NC[C@H]2CN3CCC[C@@H]3CO2)cc1. The van der Waals surface area contributed by atoms with Gasteiger partial charge in [0.15, 0.2) is 0 Å². The summed E-state index contributed by atoms with van der Waals surface area (Å²) in [5.74, 6) is -0.119. The van der Waals surface area contributed by atoms with Gasteiger partial charge in [-0.15, -0.1) is 0 Å². The minimum absolute atomic E-state index is 0.0710. The second-order valence-electron chi connectivity index (χ2n) is 5.65. The molecule has 1 aromatic carbocycles. The number of rotatable bonds is 3. The third-order valence-corrected chi connectivity index (χ3v) is 4.23. The Kier molecular flexibility index (Phi) is 4.18. The van der Waals surface area contributed by atoms with Gasteiger partial charge in [-0.1, -0.05) is 0 Å². The van der Waals surface area contributed by atoms with E-state index in [2.05, 4.69) is 10.2 Å². The smallest absolute Gasteiger partial charge is 0.251 e. The summed E-state index contributed by atoms with van der Waals surface area (Å²) in [5.41, 5.74) is 1.13. The molecule has 0 unspecified atom stereocenters. The largest absolute Gasteiger partial charge is 0.373 e.